The molecule has 0 saturated carbocycles. The molecule has 1 aromatic heterocycles. The third-order valence-corrected chi connectivity index (χ3v) is 7.45. The number of aromatic nitrogens is 1. The SMILES string of the molecule is CC(C)c1ccc(COc2ccc(C(C(=N)c3ccncc3)C3=NCCN(CC4(C)COC4)C3=O)cc2)cc1. The molecule has 39 heavy (non-hydrogen) atoms. The van der Waals surface area contributed by atoms with Gasteiger partial charge in [0.1, 0.15) is 18.1 Å². The Bertz CT molecular complexity index is 1330. The first-order valence-corrected chi connectivity index (χ1v) is 13.5. The summed E-state index contributed by atoms with van der Waals surface area (Å²) in [6, 6.07) is 19.8. The predicted octanol–water partition coefficient (Wildman–Crippen LogP) is 5.26. The Morgan fingerprint density at radius 3 is 2.31 bits per heavy atom. The summed E-state index contributed by atoms with van der Waals surface area (Å²) in [6.45, 7) is 10.0. The van der Waals surface area contributed by atoms with Gasteiger partial charge in [-0.1, -0.05) is 57.2 Å². The van der Waals surface area contributed by atoms with Crippen molar-refractivity contribution in [2.75, 3.05) is 32.8 Å². The first kappa shape index (κ1) is 26.8. The summed E-state index contributed by atoms with van der Waals surface area (Å²) in [5, 5.41) is 9.11. The van der Waals surface area contributed by atoms with Crippen LogP contribution in [0.4, 0.5) is 0 Å². The lowest BCUT2D eigenvalue weighted by Gasteiger charge is -2.43. The Morgan fingerprint density at radius 2 is 1.69 bits per heavy atom. The highest BCUT2D eigenvalue weighted by Crippen LogP contribution is 2.31. The lowest BCUT2D eigenvalue weighted by Crippen LogP contribution is -2.54. The molecule has 2 aliphatic heterocycles. The van der Waals surface area contributed by atoms with Gasteiger partial charge in [0, 0.05) is 30.9 Å². The van der Waals surface area contributed by atoms with E-state index < -0.39 is 5.92 Å². The first-order valence-electron chi connectivity index (χ1n) is 13.5. The molecule has 3 aromatic rings. The monoisotopic (exact) mass is 524 g/mol. The van der Waals surface area contributed by atoms with E-state index in [1.807, 2.05) is 29.2 Å². The first-order chi connectivity index (χ1) is 18.8. The highest BCUT2D eigenvalue weighted by Gasteiger charge is 2.40. The van der Waals surface area contributed by atoms with Crippen molar-refractivity contribution in [1.82, 2.24) is 9.88 Å². The van der Waals surface area contributed by atoms with Crippen LogP contribution in [0.1, 0.15) is 54.9 Å². The van der Waals surface area contributed by atoms with Crippen LogP contribution in [-0.4, -0.2) is 60.1 Å². The molecule has 5 rings (SSSR count). The molecular formula is C32H36N4O3. The number of carbonyl (C=O) groups excluding carboxylic acids is 1. The zero-order chi connectivity index (χ0) is 27.4. The van der Waals surface area contributed by atoms with Crippen molar-refractivity contribution in [3.05, 3.63) is 95.3 Å². The summed E-state index contributed by atoms with van der Waals surface area (Å²) < 4.78 is 11.5. The van der Waals surface area contributed by atoms with Gasteiger partial charge in [-0.05, 0) is 52.4 Å². The second-order valence-corrected chi connectivity index (χ2v) is 11.1. The summed E-state index contributed by atoms with van der Waals surface area (Å²) >= 11 is 0. The molecule has 0 bridgehead atoms. The zero-order valence-electron chi connectivity index (χ0n) is 22.9. The fourth-order valence-corrected chi connectivity index (χ4v) is 5.07. The van der Waals surface area contributed by atoms with E-state index in [9.17, 15) is 4.79 Å². The van der Waals surface area contributed by atoms with E-state index >= 15 is 0 Å². The van der Waals surface area contributed by atoms with E-state index in [1.165, 1.54) is 5.56 Å². The number of amides is 1. The number of pyridine rings is 1. The predicted molar refractivity (Wildman–Crippen MR) is 153 cm³/mol. The minimum atomic E-state index is -0.592. The van der Waals surface area contributed by atoms with Crippen molar-refractivity contribution in [2.24, 2.45) is 10.4 Å². The normalized spacial score (nSPS) is 17.4. The van der Waals surface area contributed by atoms with Gasteiger partial charge in [-0.15, -0.1) is 0 Å². The van der Waals surface area contributed by atoms with Gasteiger partial charge in [0.15, 0.2) is 0 Å². The molecule has 7 heteroatoms. The highest BCUT2D eigenvalue weighted by atomic mass is 16.5. The molecule has 2 aliphatic rings. The third kappa shape index (κ3) is 6.09. The smallest absolute Gasteiger partial charge is 0.268 e. The average molecular weight is 525 g/mol. The molecule has 3 heterocycles. The van der Waals surface area contributed by atoms with Crippen molar-refractivity contribution in [3.8, 4) is 5.75 Å². The van der Waals surface area contributed by atoms with Crippen LogP contribution in [0.25, 0.3) is 0 Å². The molecule has 2 aromatic carbocycles. The summed E-state index contributed by atoms with van der Waals surface area (Å²) in [5.41, 5.74) is 4.66. The Hall–Kier alpha value is -3.84. The Kier molecular flexibility index (Phi) is 7.89. The van der Waals surface area contributed by atoms with Crippen LogP contribution in [0, 0.1) is 10.8 Å². The molecule has 0 spiro atoms. The minimum absolute atomic E-state index is 0.0275. The molecular weight excluding hydrogens is 488 g/mol. The number of carbonyl (C=O) groups is 1. The largest absolute Gasteiger partial charge is 0.489 e. The van der Waals surface area contributed by atoms with Gasteiger partial charge in [0.25, 0.3) is 5.91 Å². The summed E-state index contributed by atoms with van der Waals surface area (Å²) in [5.74, 6) is 0.529. The Morgan fingerprint density at radius 1 is 1.03 bits per heavy atom. The maximum absolute atomic E-state index is 13.7. The highest BCUT2D eigenvalue weighted by molar-refractivity contribution is 6.46. The number of nitrogens with one attached hydrogen (secondary N) is 1. The van der Waals surface area contributed by atoms with E-state index in [-0.39, 0.29) is 11.3 Å². The van der Waals surface area contributed by atoms with Crippen molar-refractivity contribution in [1.29, 1.82) is 5.41 Å². The molecule has 1 saturated heterocycles. The minimum Gasteiger partial charge on any atom is -0.489 e. The van der Waals surface area contributed by atoms with E-state index in [0.717, 1.165) is 16.9 Å². The van der Waals surface area contributed by atoms with Gasteiger partial charge < -0.3 is 19.8 Å². The third-order valence-electron chi connectivity index (χ3n) is 7.45. The maximum Gasteiger partial charge on any atom is 0.268 e. The van der Waals surface area contributed by atoms with E-state index in [4.69, 9.17) is 14.9 Å². The molecule has 7 nitrogen and oxygen atoms in total. The van der Waals surface area contributed by atoms with Gasteiger partial charge in [-0.25, -0.2) is 0 Å². The standard InChI is InChI=1S/C32H36N4O3/c1-22(2)24-6-4-23(5-7-24)18-39-27-10-8-25(9-11-27)28(29(33)26-12-14-34-15-13-26)30-31(37)36(17-16-35-30)19-32(3)20-38-21-32/h4-15,22,28,33H,16-21H2,1-3H3. The van der Waals surface area contributed by atoms with Gasteiger partial charge >= 0.3 is 0 Å². The van der Waals surface area contributed by atoms with Crippen LogP contribution in [0.5, 0.6) is 5.75 Å². The number of aliphatic imine (C=N–C) groups is 1. The van der Waals surface area contributed by atoms with Crippen LogP contribution in [0.3, 0.4) is 0 Å². The van der Waals surface area contributed by atoms with Crippen molar-refractivity contribution in [2.45, 2.75) is 39.2 Å². The molecule has 1 fully saturated rings. The number of ether oxygens (including phenoxy) is 2. The second kappa shape index (κ2) is 11.5. The number of hydrogen-bond acceptors (Lipinski definition) is 6. The van der Waals surface area contributed by atoms with Crippen molar-refractivity contribution in [3.63, 3.8) is 0 Å². The van der Waals surface area contributed by atoms with Gasteiger partial charge in [0.2, 0.25) is 0 Å². The molecule has 1 unspecified atom stereocenters. The number of nitrogens with zero attached hydrogens (tertiary/aromatic N) is 3. The second-order valence-electron chi connectivity index (χ2n) is 11.1. The van der Waals surface area contributed by atoms with Crippen LogP contribution in [-0.2, 0) is 16.1 Å². The summed E-state index contributed by atoms with van der Waals surface area (Å²) in [4.78, 5) is 24.4. The molecule has 1 amide bonds. The topological polar surface area (TPSA) is 87.9 Å². The molecule has 0 radical (unpaired) electrons. The van der Waals surface area contributed by atoms with Crippen molar-refractivity contribution < 1.29 is 14.3 Å². The van der Waals surface area contributed by atoms with Crippen molar-refractivity contribution >= 4 is 17.3 Å². The fraction of sp³-hybridized carbons (Fsp3) is 0.375. The average Bonchev–Trinajstić information content (AvgIpc) is 2.94. The van der Waals surface area contributed by atoms with Gasteiger partial charge in [0.05, 0.1) is 31.4 Å². The molecule has 202 valence electrons. The Balaban J connectivity index is 1.36. The number of rotatable bonds is 10. The summed E-state index contributed by atoms with van der Waals surface area (Å²) in [7, 11) is 0. The fourth-order valence-electron chi connectivity index (χ4n) is 5.07. The van der Waals surface area contributed by atoms with Crippen LogP contribution in [0.15, 0.2) is 78.0 Å². The number of hydrogen-bond donors (Lipinski definition) is 1. The van der Waals surface area contributed by atoms with Crippen LogP contribution in [0.2, 0.25) is 0 Å². The van der Waals surface area contributed by atoms with Gasteiger partial charge in [-0.2, -0.15) is 0 Å². The van der Waals surface area contributed by atoms with E-state index in [1.54, 1.807) is 24.5 Å². The maximum atomic E-state index is 13.7. The lowest BCUT2D eigenvalue weighted by molar-refractivity contribution is -0.139. The molecule has 1 N–H and O–H groups in total. The van der Waals surface area contributed by atoms with Crippen LogP contribution < -0.4 is 4.74 Å². The van der Waals surface area contributed by atoms with Gasteiger partial charge in [-0.3, -0.25) is 14.8 Å². The lowest BCUT2D eigenvalue weighted by atomic mass is 9.84. The zero-order valence-corrected chi connectivity index (χ0v) is 22.9. The number of benzene rings is 2. The Labute approximate surface area is 230 Å². The van der Waals surface area contributed by atoms with E-state index in [2.05, 4.69) is 55.0 Å². The molecule has 1 atom stereocenters. The van der Waals surface area contributed by atoms with Crippen LogP contribution >= 0.6 is 0 Å². The van der Waals surface area contributed by atoms with E-state index in [0.29, 0.717) is 62.4 Å². The molecule has 0 aliphatic carbocycles. The summed E-state index contributed by atoms with van der Waals surface area (Å²) in [6.07, 6.45) is 3.33. The quantitative estimate of drug-likeness (QED) is 0.367.